The molecule has 1 saturated heterocycles. The Bertz CT molecular complexity index is 501. The minimum absolute atomic E-state index is 0.0811. The molecule has 1 atom stereocenters. The summed E-state index contributed by atoms with van der Waals surface area (Å²) in [5.74, 6) is 1.92. The summed E-state index contributed by atoms with van der Waals surface area (Å²) in [7, 11) is 1.68. The largest absolute Gasteiger partial charge is 0.493 e. The third kappa shape index (κ3) is 6.49. The molecular formula is C19H30N2O3. The van der Waals surface area contributed by atoms with E-state index in [1.54, 1.807) is 7.11 Å². The quantitative estimate of drug-likeness (QED) is 0.682. The van der Waals surface area contributed by atoms with Gasteiger partial charge in [0.25, 0.3) is 0 Å². The zero-order valence-corrected chi connectivity index (χ0v) is 14.8. The molecule has 1 aromatic carbocycles. The van der Waals surface area contributed by atoms with Crippen LogP contribution in [0.3, 0.4) is 0 Å². The molecule has 24 heavy (non-hydrogen) atoms. The third-order valence-electron chi connectivity index (χ3n) is 4.58. The summed E-state index contributed by atoms with van der Waals surface area (Å²) in [5, 5.41) is 6.37. The highest BCUT2D eigenvalue weighted by Crippen LogP contribution is 2.25. The van der Waals surface area contributed by atoms with Crippen molar-refractivity contribution in [2.24, 2.45) is 11.8 Å². The van der Waals surface area contributed by atoms with Crippen LogP contribution in [-0.2, 0) is 9.53 Å². The molecule has 0 bridgehead atoms. The van der Waals surface area contributed by atoms with Crippen LogP contribution in [0.2, 0.25) is 0 Å². The maximum absolute atomic E-state index is 12.3. The lowest BCUT2D eigenvalue weighted by Crippen LogP contribution is -2.32. The highest BCUT2D eigenvalue weighted by atomic mass is 16.5. The second-order valence-corrected chi connectivity index (χ2v) is 6.54. The van der Waals surface area contributed by atoms with Crippen LogP contribution < -0.4 is 15.4 Å². The van der Waals surface area contributed by atoms with Gasteiger partial charge in [0.2, 0.25) is 5.91 Å². The predicted octanol–water partition coefficient (Wildman–Crippen LogP) is 3.07. The molecule has 0 radical (unpaired) electrons. The van der Waals surface area contributed by atoms with Gasteiger partial charge in [-0.25, -0.2) is 0 Å². The van der Waals surface area contributed by atoms with Crippen molar-refractivity contribution >= 4 is 11.6 Å². The number of carbonyl (C=O) groups is 1. The molecule has 134 valence electrons. The van der Waals surface area contributed by atoms with Crippen LogP contribution in [0.1, 0.15) is 32.6 Å². The Hall–Kier alpha value is -1.59. The fraction of sp³-hybridized carbons (Fsp3) is 0.632. The van der Waals surface area contributed by atoms with E-state index in [9.17, 15) is 4.79 Å². The molecule has 1 aromatic rings. The fourth-order valence-corrected chi connectivity index (χ4v) is 3.14. The maximum Gasteiger partial charge on any atom is 0.224 e. The van der Waals surface area contributed by atoms with E-state index in [4.69, 9.17) is 9.47 Å². The number of ether oxygens (including phenoxy) is 2. The Morgan fingerprint density at radius 1 is 1.33 bits per heavy atom. The number of rotatable bonds is 9. The Morgan fingerprint density at radius 3 is 2.88 bits per heavy atom. The first kappa shape index (κ1) is 18.7. The smallest absolute Gasteiger partial charge is 0.224 e. The number of hydrogen-bond donors (Lipinski definition) is 2. The molecule has 2 N–H and O–H groups in total. The molecule has 5 heteroatoms. The van der Waals surface area contributed by atoms with Crippen molar-refractivity contribution in [2.75, 3.05) is 38.7 Å². The van der Waals surface area contributed by atoms with Crippen LogP contribution >= 0.6 is 0 Å². The van der Waals surface area contributed by atoms with Crippen LogP contribution in [0.5, 0.6) is 5.75 Å². The van der Waals surface area contributed by atoms with Crippen LogP contribution in [0.15, 0.2) is 24.3 Å². The molecule has 0 saturated carbocycles. The van der Waals surface area contributed by atoms with Crippen molar-refractivity contribution in [1.29, 1.82) is 0 Å². The minimum atomic E-state index is 0.0811. The summed E-state index contributed by atoms with van der Waals surface area (Å²) < 4.78 is 10.7. The van der Waals surface area contributed by atoms with Crippen molar-refractivity contribution in [3.05, 3.63) is 24.3 Å². The second kappa shape index (κ2) is 10.3. The Kier molecular flexibility index (Phi) is 8.05. The van der Waals surface area contributed by atoms with Gasteiger partial charge in [-0.15, -0.1) is 0 Å². The third-order valence-corrected chi connectivity index (χ3v) is 4.58. The monoisotopic (exact) mass is 334 g/mol. The molecule has 1 amide bonds. The van der Waals surface area contributed by atoms with Crippen molar-refractivity contribution in [1.82, 2.24) is 5.32 Å². The normalized spacial score (nSPS) is 16.6. The average molecular weight is 334 g/mol. The van der Waals surface area contributed by atoms with Gasteiger partial charge in [-0.2, -0.15) is 0 Å². The lowest BCUT2D eigenvalue weighted by atomic mass is 9.84. The van der Waals surface area contributed by atoms with Crippen LogP contribution in [0, 0.1) is 11.8 Å². The SMILES string of the molecule is COCCCOc1cccc(NC(=O)CC(C)C2CCNCC2)c1. The van der Waals surface area contributed by atoms with Gasteiger partial charge >= 0.3 is 0 Å². The van der Waals surface area contributed by atoms with Gasteiger partial charge in [0.1, 0.15) is 5.75 Å². The molecule has 0 aliphatic carbocycles. The predicted molar refractivity (Wildman–Crippen MR) is 96.4 cm³/mol. The Balaban J connectivity index is 1.78. The number of nitrogens with one attached hydrogen (secondary N) is 2. The lowest BCUT2D eigenvalue weighted by molar-refractivity contribution is -0.117. The summed E-state index contributed by atoms with van der Waals surface area (Å²) in [6.45, 7) is 5.62. The van der Waals surface area contributed by atoms with E-state index in [1.165, 1.54) is 12.8 Å². The molecule has 1 unspecified atom stereocenters. The number of anilines is 1. The van der Waals surface area contributed by atoms with Gasteiger partial charge in [0, 0.05) is 38.3 Å². The first-order valence-corrected chi connectivity index (χ1v) is 8.91. The van der Waals surface area contributed by atoms with Gasteiger partial charge in [0.05, 0.1) is 6.61 Å². The molecule has 1 aliphatic heterocycles. The summed E-state index contributed by atoms with van der Waals surface area (Å²) in [4.78, 5) is 12.3. The van der Waals surface area contributed by atoms with Crippen molar-refractivity contribution in [2.45, 2.75) is 32.6 Å². The zero-order valence-electron chi connectivity index (χ0n) is 14.8. The first-order chi connectivity index (χ1) is 11.7. The lowest BCUT2D eigenvalue weighted by Gasteiger charge is -2.27. The van der Waals surface area contributed by atoms with E-state index in [0.717, 1.165) is 30.9 Å². The van der Waals surface area contributed by atoms with Crippen LogP contribution in [-0.4, -0.2) is 39.3 Å². The van der Waals surface area contributed by atoms with E-state index >= 15 is 0 Å². The minimum Gasteiger partial charge on any atom is -0.493 e. The molecule has 5 nitrogen and oxygen atoms in total. The standard InChI is InChI=1S/C19H30N2O3/c1-15(16-7-9-20-10-8-16)13-19(22)21-17-5-3-6-18(14-17)24-12-4-11-23-2/h3,5-6,14-16,20H,4,7-13H2,1-2H3,(H,21,22). The molecule has 2 rings (SSSR count). The Labute approximate surface area is 145 Å². The van der Waals surface area contributed by atoms with E-state index in [-0.39, 0.29) is 5.91 Å². The number of piperidine rings is 1. The Morgan fingerprint density at radius 2 is 2.12 bits per heavy atom. The first-order valence-electron chi connectivity index (χ1n) is 8.91. The van der Waals surface area contributed by atoms with E-state index in [0.29, 0.717) is 31.5 Å². The van der Waals surface area contributed by atoms with E-state index in [2.05, 4.69) is 17.6 Å². The maximum atomic E-state index is 12.3. The number of hydrogen-bond acceptors (Lipinski definition) is 4. The van der Waals surface area contributed by atoms with Gasteiger partial charge < -0.3 is 20.1 Å². The van der Waals surface area contributed by atoms with Crippen LogP contribution in [0.25, 0.3) is 0 Å². The topological polar surface area (TPSA) is 59.6 Å². The van der Waals surface area contributed by atoms with E-state index < -0.39 is 0 Å². The molecule has 1 heterocycles. The zero-order chi connectivity index (χ0) is 17.2. The number of methoxy groups -OCH3 is 1. The molecule has 0 aromatic heterocycles. The highest BCUT2D eigenvalue weighted by molar-refractivity contribution is 5.91. The molecule has 1 fully saturated rings. The van der Waals surface area contributed by atoms with Gasteiger partial charge in [-0.1, -0.05) is 13.0 Å². The molecule has 0 spiro atoms. The van der Waals surface area contributed by atoms with Gasteiger partial charge in [0.15, 0.2) is 0 Å². The fourth-order valence-electron chi connectivity index (χ4n) is 3.14. The second-order valence-electron chi connectivity index (χ2n) is 6.54. The van der Waals surface area contributed by atoms with Gasteiger partial charge in [-0.3, -0.25) is 4.79 Å². The summed E-state index contributed by atoms with van der Waals surface area (Å²) in [6.07, 6.45) is 3.75. The number of carbonyl (C=O) groups excluding carboxylic acids is 1. The van der Waals surface area contributed by atoms with E-state index in [1.807, 2.05) is 24.3 Å². The van der Waals surface area contributed by atoms with Crippen molar-refractivity contribution in [3.63, 3.8) is 0 Å². The number of amides is 1. The highest BCUT2D eigenvalue weighted by Gasteiger charge is 2.22. The molecule has 1 aliphatic rings. The molecular weight excluding hydrogens is 304 g/mol. The number of benzene rings is 1. The van der Waals surface area contributed by atoms with Crippen molar-refractivity contribution in [3.8, 4) is 5.75 Å². The summed E-state index contributed by atoms with van der Waals surface area (Å²) in [5.41, 5.74) is 0.793. The van der Waals surface area contributed by atoms with Crippen LogP contribution in [0.4, 0.5) is 5.69 Å². The van der Waals surface area contributed by atoms with Gasteiger partial charge in [-0.05, 0) is 49.9 Å². The summed E-state index contributed by atoms with van der Waals surface area (Å²) in [6, 6.07) is 7.58. The average Bonchev–Trinajstić information content (AvgIpc) is 2.60. The summed E-state index contributed by atoms with van der Waals surface area (Å²) >= 11 is 0. The van der Waals surface area contributed by atoms with Crippen molar-refractivity contribution < 1.29 is 14.3 Å².